The van der Waals surface area contributed by atoms with Crippen molar-refractivity contribution in [1.82, 2.24) is 30.5 Å². The molecule has 1 saturated heterocycles. The van der Waals surface area contributed by atoms with E-state index in [0.717, 1.165) is 83.5 Å². The summed E-state index contributed by atoms with van der Waals surface area (Å²) < 4.78 is 28.6. The Labute approximate surface area is 311 Å². The highest BCUT2D eigenvalue weighted by Gasteiger charge is 2.48. The molecule has 0 aromatic rings. The third kappa shape index (κ3) is 10.3. The molecule has 1 unspecified atom stereocenters. The minimum absolute atomic E-state index is 0.0178. The Bertz CT molecular complexity index is 1440. The third-order valence-electron chi connectivity index (χ3n) is 12.4. The summed E-state index contributed by atoms with van der Waals surface area (Å²) in [5.74, 6) is -1.84. The summed E-state index contributed by atoms with van der Waals surface area (Å²) in [4.78, 5) is 70.1. The normalized spacial score (nSPS) is 24.4. The molecule has 294 valence electrons. The van der Waals surface area contributed by atoms with Crippen LogP contribution in [0.25, 0.3) is 0 Å². The molecule has 4 aliphatic carbocycles. The zero-order chi connectivity index (χ0) is 37.9. The van der Waals surface area contributed by atoms with Gasteiger partial charge in [-0.05, 0) is 96.3 Å². The van der Waals surface area contributed by atoms with Gasteiger partial charge in [-0.15, -0.1) is 0 Å². The van der Waals surface area contributed by atoms with E-state index in [9.17, 15) is 32.4 Å². The van der Waals surface area contributed by atoms with E-state index < -0.39 is 68.3 Å². The number of amides is 5. The number of rotatable bonds is 15. The Morgan fingerprint density at radius 2 is 1.46 bits per heavy atom. The number of nitrogens with one attached hydrogen (secondary N) is 4. The molecule has 5 rings (SSSR count). The van der Waals surface area contributed by atoms with Crippen LogP contribution in [0.2, 0.25) is 0 Å². The lowest BCUT2D eigenvalue weighted by atomic mass is 9.70. The number of carbonyl (C=O) groups is 5. The lowest BCUT2D eigenvalue weighted by Crippen LogP contribution is -2.64. The number of nitrogens with zero attached hydrogens (tertiary/aromatic N) is 2. The first-order valence-corrected chi connectivity index (χ1v) is 21.5. The minimum Gasteiger partial charge on any atom is -0.347 e. The second-order valence-corrected chi connectivity index (χ2v) is 19.9. The predicted octanol–water partition coefficient (Wildman–Crippen LogP) is 3.90. The molecule has 0 aromatic heterocycles. The molecule has 5 fully saturated rings. The summed E-state index contributed by atoms with van der Waals surface area (Å²) in [5.41, 5.74) is -2.18. The van der Waals surface area contributed by atoms with Gasteiger partial charge in [0.2, 0.25) is 27.6 Å². The molecule has 0 aromatic carbocycles. The second kappa shape index (κ2) is 16.3. The molecule has 13 nitrogen and oxygen atoms in total. The summed E-state index contributed by atoms with van der Waals surface area (Å²) in [6.07, 6.45) is 13.8. The van der Waals surface area contributed by atoms with E-state index in [4.69, 9.17) is 0 Å². The van der Waals surface area contributed by atoms with Crippen LogP contribution in [0.3, 0.4) is 0 Å². The van der Waals surface area contributed by atoms with Gasteiger partial charge >= 0.3 is 6.03 Å². The first kappa shape index (κ1) is 40.4. The highest BCUT2D eigenvalue weighted by molar-refractivity contribution is 7.89. The molecular weight excluding hydrogens is 685 g/mol. The average molecular weight is 749 g/mol. The van der Waals surface area contributed by atoms with Crippen LogP contribution >= 0.6 is 0 Å². The fraction of sp³-hybridized carbons (Fsp3) is 0.868. The fourth-order valence-electron chi connectivity index (χ4n) is 8.44. The Hall–Kier alpha value is -2.74. The summed E-state index contributed by atoms with van der Waals surface area (Å²) >= 11 is 0. The lowest BCUT2D eigenvalue weighted by molar-refractivity contribution is -0.144. The Morgan fingerprint density at radius 3 is 2.04 bits per heavy atom. The summed E-state index contributed by atoms with van der Waals surface area (Å²) in [5, 5.41) is 11.7. The van der Waals surface area contributed by atoms with Crippen LogP contribution in [-0.2, 0) is 29.2 Å². The van der Waals surface area contributed by atoms with E-state index in [2.05, 4.69) is 21.3 Å². The molecule has 1 heterocycles. The van der Waals surface area contributed by atoms with Gasteiger partial charge in [-0.3, -0.25) is 19.2 Å². The zero-order valence-electron chi connectivity index (χ0n) is 32.2. The van der Waals surface area contributed by atoms with Crippen LogP contribution in [0.5, 0.6) is 0 Å². The van der Waals surface area contributed by atoms with Crippen LogP contribution in [0.15, 0.2) is 0 Å². The summed E-state index contributed by atoms with van der Waals surface area (Å²) in [7, 11) is -2.17. The molecule has 14 heteroatoms. The highest BCUT2D eigenvalue weighted by Crippen LogP contribution is 2.41. The number of hydrogen-bond acceptors (Lipinski definition) is 7. The molecule has 1 aliphatic heterocycles. The SMILES string of the molecule is CN(C(C)(C)C)S(=O)(=O)CC1(NC(=O)N[C@H](C(=O)N2CCC[C@H]2C(=O)NC(CCC2CC2)C(=O)C(=O)NC2CC2)C2(C)CCCCC2)CCCCC1. The summed E-state index contributed by atoms with van der Waals surface area (Å²) in [6, 6.07) is -3.29. The number of likely N-dealkylation sites (tertiary alicyclic amines) is 1. The van der Waals surface area contributed by atoms with Crippen molar-refractivity contribution >= 4 is 39.6 Å². The second-order valence-electron chi connectivity index (χ2n) is 17.9. The smallest absolute Gasteiger partial charge is 0.315 e. The summed E-state index contributed by atoms with van der Waals surface area (Å²) in [6.45, 7) is 7.86. The van der Waals surface area contributed by atoms with Crippen molar-refractivity contribution in [2.45, 2.75) is 179 Å². The standard InChI is InChI=1S/C38H64N6O7S/c1-36(2,3)43(5)52(50,51)25-38(22-10-7-11-23-38)42-35(49)41-31(37(4)20-8-6-9-21-37)34(48)44-24-12-13-29(44)32(46)40-28(19-16-26-14-15-26)30(45)33(47)39-27-17-18-27/h26-29,31H,6-25H2,1-5H3,(H,39,47)(H,40,46)(H2,41,42,49)/t28?,29-,31+/m0/s1. The maximum atomic E-state index is 14.7. The first-order valence-electron chi connectivity index (χ1n) is 19.9. The average Bonchev–Trinajstić information content (AvgIpc) is 4.03. The number of carbonyl (C=O) groups excluding carboxylic acids is 5. The fourth-order valence-corrected chi connectivity index (χ4v) is 10.5. The van der Waals surface area contributed by atoms with Crippen molar-refractivity contribution in [3.63, 3.8) is 0 Å². The van der Waals surface area contributed by atoms with Gasteiger partial charge in [-0.2, -0.15) is 4.31 Å². The molecular formula is C38H64N6O7S. The lowest BCUT2D eigenvalue weighted by Gasteiger charge is -2.44. The Balaban J connectivity index is 1.32. The number of Topliss-reactive ketones (excluding diaryl/α,β-unsaturated/α-hetero) is 1. The molecule has 0 spiro atoms. The van der Waals surface area contributed by atoms with Crippen molar-refractivity contribution in [1.29, 1.82) is 0 Å². The molecule has 52 heavy (non-hydrogen) atoms. The van der Waals surface area contributed by atoms with Gasteiger partial charge in [-0.25, -0.2) is 13.2 Å². The quantitative estimate of drug-likeness (QED) is 0.184. The predicted molar refractivity (Wildman–Crippen MR) is 199 cm³/mol. The van der Waals surface area contributed by atoms with Crippen LogP contribution in [0.1, 0.15) is 143 Å². The van der Waals surface area contributed by atoms with E-state index in [1.54, 1.807) is 11.9 Å². The van der Waals surface area contributed by atoms with Crippen molar-refractivity contribution in [2.24, 2.45) is 11.3 Å². The number of ketones is 1. The highest BCUT2D eigenvalue weighted by atomic mass is 32.2. The number of urea groups is 1. The van der Waals surface area contributed by atoms with E-state index in [1.165, 1.54) is 4.31 Å². The van der Waals surface area contributed by atoms with Gasteiger partial charge < -0.3 is 26.2 Å². The van der Waals surface area contributed by atoms with Gasteiger partial charge in [0, 0.05) is 25.2 Å². The van der Waals surface area contributed by atoms with Gasteiger partial charge in [0.05, 0.1) is 17.3 Å². The zero-order valence-corrected chi connectivity index (χ0v) is 33.0. The van der Waals surface area contributed by atoms with Gasteiger partial charge in [0.1, 0.15) is 12.1 Å². The van der Waals surface area contributed by atoms with Crippen molar-refractivity contribution in [3.05, 3.63) is 0 Å². The molecule has 5 aliphatic rings. The van der Waals surface area contributed by atoms with Crippen molar-refractivity contribution < 1.29 is 32.4 Å². The maximum absolute atomic E-state index is 14.7. The van der Waals surface area contributed by atoms with E-state index in [0.29, 0.717) is 44.6 Å². The topological polar surface area (TPSA) is 174 Å². The largest absolute Gasteiger partial charge is 0.347 e. The van der Waals surface area contributed by atoms with Gasteiger partial charge in [0.25, 0.3) is 5.91 Å². The van der Waals surface area contributed by atoms with Crippen molar-refractivity contribution in [2.75, 3.05) is 19.3 Å². The Kier molecular flexibility index (Phi) is 12.7. The van der Waals surface area contributed by atoms with Crippen LogP contribution in [0, 0.1) is 11.3 Å². The van der Waals surface area contributed by atoms with Crippen LogP contribution in [0.4, 0.5) is 4.79 Å². The van der Waals surface area contributed by atoms with E-state index in [1.807, 2.05) is 27.7 Å². The van der Waals surface area contributed by atoms with Gasteiger partial charge in [0.15, 0.2) is 0 Å². The molecule has 3 atom stereocenters. The third-order valence-corrected chi connectivity index (χ3v) is 14.7. The number of sulfonamides is 1. The molecule has 4 N–H and O–H groups in total. The molecule has 0 bridgehead atoms. The molecule has 5 amide bonds. The van der Waals surface area contributed by atoms with Crippen molar-refractivity contribution in [3.8, 4) is 0 Å². The minimum atomic E-state index is -3.74. The number of hydrogen-bond donors (Lipinski definition) is 4. The monoisotopic (exact) mass is 748 g/mol. The Morgan fingerprint density at radius 1 is 0.846 bits per heavy atom. The molecule has 0 radical (unpaired) electrons. The first-order chi connectivity index (χ1) is 24.4. The van der Waals surface area contributed by atoms with Crippen LogP contribution in [-0.4, -0.2) is 102 Å². The van der Waals surface area contributed by atoms with Crippen LogP contribution < -0.4 is 21.3 Å². The maximum Gasteiger partial charge on any atom is 0.315 e. The van der Waals surface area contributed by atoms with E-state index >= 15 is 0 Å². The van der Waals surface area contributed by atoms with E-state index in [-0.39, 0.29) is 17.7 Å². The molecule has 4 saturated carbocycles. The van der Waals surface area contributed by atoms with Gasteiger partial charge in [-0.1, -0.05) is 58.3 Å².